The molecule has 0 radical (unpaired) electrons. The lowest BCUT2D eigenvalue weighted by molar-refractivity contribution is 0.415. The van der Waals surface area contributed by atoms with Crippen LogP contribution in [0.15, 0.2) is 18.2 Å². The molecule has 18 heavy (non-hydrogen) atoms. The second-order valence-corrected chi connectivity index (χ2v) is 4.95. The second kappa shape index (κ2) is 4.21. The van der Waals surface area contributed by atoms with E-state index in [1.165, 1.54) is 5.56 Å². The number of aryl methyl sites for hydroxylation is 1. The molecule has 1 aromatic carbocycles. The SMILES string of the molecule is COc1ccc2nc3c(c(C(N)=S)c2c1)CCC3. The summed E-state index contributed by atoms with van der Waals surface area (Å²) in [5.74, 6) is 0.805. The summed E-state index contributed by atoms with van der Waals surface area (Å²) >= 11 is 5.22. The molecule has 3 rings (SSSR count). The van der Waals surface area contributed by atoms with Crippen molar-refractivity contribution < 1.29 is 4.74 Å². The van der Waals surface area contributed by atoms with Gasteiger partial charge in [-0.1, -0.05) is 12.2 Å². The lowest BCUT2D eigenvalue weighted by Crippen LogP contribution is -2.14. The van der Waals surface area contributed by atoms with Gasteiger partial charge in [-0.15, -0.1) is 0 Å². The summed E-state index contributed by atoms with van der Waals surface area (Å²) in [6.45, 7) is 0. The molecule has 2 N–H and O–H groups in total. The molecule has 1 aromatic heterocycles. The number of nitrogens with zero attached hydrogens (tertiary/aromatic N) is 1. The van der Waals surface area contributed by atoms with Crippen LogP contribution in [-0.2, 0) is 12.8 Å². The molecule has 1 aliphatic rings. The lowest BCUT2D eigenvalue weighted by Gasteiger charge is -2.12. The highest BCUT2D eigenvalue weighted by atomic mass is 32.1. The van der Waals surface area contributed by atoms with E-state index >= 15 is 0 Å². The van der Waals surface area contributed by atoms with Crippen LogP contribution in [-0.4, -0.2) is 17.1 Å². The van der Waals surface area contributed by atoms with E-state index in [0.717, 1.165) is 47.2 Å². The van der Waals surface area contributed by atoms with Gasteiger partial charge in [0.15, 0.2) is 0 Å². The Morgan fingerprint density at radius 3 is 2.94 bits per heavy atom. The molecule has 0 spiro atoms. The van der Waals surface area contributed by atoms with Crippen molar-refractivity contribution in [2.45, 2.75) is 19.3 Å². The van der Waals surface area contributed by atoms with E-state index in [1.807, 2.05) is 18.2 Å². The Morgan fingerprint density at radius 1 is 1.39 bits per heavy atom. The summed E-state index contributed by atoms with van der Waals surface area (Å²) in [7, 11) is 1.66. The Hall–Kier alpha value is -1.68. The second-order valence-electron chi connectivity index (χ2n) is 4.51. The van der Waals surface area contributed by atoms with E-state index in [4.69, 9.17) is 27.7 Å². The molecule has 0 amide bonds. The fraction of sp³-hybridized carbons (Fsp3) is 0.286. The number of fused-ring (bicyclic) bond motifs is 2. The monoisotopic (exact) mass is 258 g/mol. The van der Waals surface area contributed by atoms with Gasteiger partial charge in [0.1, 0.15) is 10.7 Å². The molecular weight excluding hydrogens is 244 g/mol. The molecule has 0 aliphatic heterocycles. The van der Waals surface area contributed by atoms with E-state index in [2.05, 4.69) is 0 Å². The molecule has 0 bridgehead atoms. The summed E-state index contributed by atoms with van der Waals surface area (Å²) in [5.41, 5.74) is 10.2. The zero-order valence-electron chi connectivity index (χ0n) is 10.2. The highest BCUT2D eigenvalue weighted by molar-refractivity contribution is 7.80. The number of nitrogens with two attached hydrogens (primary N) is 1. The standard InChI is InChI=1S/C14H14N2OS/c1-17-8-5-6-12-10(7-8)13(14(15)18)9-3-2-4-11(9)16-12/h5-7H,2-4H2,1H3,(H2,15,18). The molecule has 0 unspecified atom stereocenters. The Morgan fingerprint density at radius 2 is 2.22 bits per heavy atom. The third-order valence-corrected chi connectivity index (χ3v) is 3.67. The predicted octanol–water partition coefficient (Wildman–Crippen LogP) is 2.37. The van der Waals surface area contributed by atoms with Gasteiger partial charge in [-0.05, 0) is 43.0 Å². The minimum atomic E-state index is 0.453. The van der Waals surface area contributed by atoms with Crippen LogP contribution in [0.4, 0.5) is 0 Å². The van der Waals surface area contributed by atoms with Crippen molar-refractivity contribution in [2.75, 3.05) is 7.11 Å². The van der Waals surface area contributed by atoms with Gasteiger partial charge >= 0.3 is 0 Å². The van der Waals surface area contributed by atoms with Crippen LogP contribution in [0.1, 0.15) is 23.2 Å². The highest BCUT2D eigenvalue weighted by Crippen LogP contribution is 2.31. The van der Waals surface area contributed by atoms with Gasteiger partial charge in [0.25, 0.3) is 0 Å². The van der Waals surface area contributed by atoms with Crippen LogP contribution in [0.5, 0.6) is 5.75 Å². The quantitative estimate of drug-likeness (QED) is 0.840. The smallest absolute Gasteiger partial charge is 0.119 e. The fourth-order valence-corrected chi connectivity index (χ4v) is 2.88. The molecule has 92 valence electrons. The first-order chi connectivity index (χ1) is 8.70. The molecule has 3 nitrogen and oxygen atoms in total. The fourth-order valence-electron chi connectivity index (χ4n) is 2.65. The van der Waals surface area contributed by atoms with Gasteiger partial charge in [0, 0.05) is 16.6 Å². The largest absolute Gasteiger partial charge is 0.497 e. The van der Waals surface area contributed by atoms with Crippen molar-refractivity contribution in [3.05, 3.63) is 35.0 Å². The van der Waals surface area contributed by atoms with Gasteiger partial charge in [0.05, 0.1) is 12.6 Å². The van der Waals surface area contributed by atoms with Crippen LogP contribution in [0, 0.1) is 0 Å². The molecule has 2 aromatic rings. The number of hydrogen-bond donors (Lipinski definition) is 1. The highest BCUT2D eigenvalue weighted by Gasteiger charge is 2.21. The molecule has 0 saturated heterocycles. The van der Waals surface area contributed by atoms with Crippen molar-refractivity contribution in [1.82, 2.24) is 4.98 Å². The average Bonchev–Trinajstić information content (AvgIpc) is 2.82. The van der Waals surface area contributed by atoms with Crippen LogP contribution < -0.4 is 10.5 Å². The molecule has 1 heterocycles. The summed E-state index contributed by atoms with van der Waals surface area (Å²) in [4.78, 5) is 5.16. The third-order valence-electron chi connectivity index (χ3n) is 3.47. The number of thiocarbonyl (C=S) groups is 1. The Labute approximate surface area is 111 Å². The summed E-state index contributed by atoms with van der Waals surface area (Å²) in [6, 6.07) is 5.85. The summed E-state index contributed by atoms with van der Waals surface area (Å²) in [5, 5.41) is 1.00. The van der Waals surface area contributed by atoms with Gasteiger partial charge < -0.3 is 10.5 Å². The predicted molar refractivity (Wildman–Crippen MR) is 76.2 cm³/mol. The lowest BCUT2D eigenvalue weighted by atomic mass is 10.0. The molecule has 1 aliphatic carbocycles. The van der Waals surface area contributed by atoms with Gasteiger partial charge in [-0.25, -0.2) is 0 Å². The zero-order valence-corrected chi connectivity index (χ0v) is 11.0. The maximum atomic E-state index is 5.91. The molecular formula is C14H14N2OS. The number of rotatable bonds is 2. The number of benzene rings is 1. The Bertz CT molecular complexity index is 652. The summed E-state index contributed by atoms with van der Waals surface area (Å²) in [6.07, 6.45) is 3.17. The van der Waals surface area contributed by atoms with Gasteiger partial charge in [-0.2, -0.15) is 0 Å². The van der Waals surface area contributed by atoms with Gasteiger partial charge in [0.2, 0.25) is 0 Å². The molecule has 0 fully saturated rings. The zero-order chi connectivity index (χ0) is 12.7. The van der Waals surface area contributed by atoms with Crippen molar-refractivity contribution in [3.8, 4) is 5.75 Å². The van der Waals surface area contributed by atoms with Crippen molar-refractivity contribution in [3.63, 3.8) is 0 Å². The van der Waals surface area contributed by atoms with Crippen LogP contribution in [0.2, 0.25) is 0 Å². The average molecular weight is 258 g/mol. The third kappa shape index (κ3) is 1.64. The Balaban J connectivity index is 2.39. The van der Waals surface area contributed by atoms with Crippen molar-refractivity contribution in [1.29, 1.82) is 0 Å². The first kappa shape index (κ1) is 11.4. The van der Waals surface area contributed by atoms with Crippen LogP contribution in [0.3, 0.4) is 0 Å². The number of aromatic nitrogens is 1. The first-order valence-electron chi connectivity index (χ1n) is 6.00. The summed E-state index contributed by atoms with van der Waals surface area (Å²) < 4.78 is 5.26. The normalized spacial score (nSPS) is 13.6. The van der Waals surface area contributed by atoms with Crippen LogP contribution >= 0.6 is 12.2 Å². The Kier molecular flexibility index (Phi) is 2.67. The minimum Gasteiger partial charge on any atom is -0.497 e. The van der Waals surface area contributed by atoms with Crippen molar-refractivity contribution >= 4 is 28.1 Å². The topological polar surface area (TPSA) is 48.1 Å². The maximum absolute atomic E-state index is 5.91. The molecule has 0 atom stereocenters. The van der Waals surface area contributed by atoms with E-state index in [0.29, 0.717) is 4.99 Å². The van der Waals surface area contributed by atoms with E-state index < -0.39 is 0 Å². The number of hydrogen-bond acceptors (Lipinski definition) is 3. The maximum Gasteiger partial charge on any atom is 0.119 e. The number of pyridine rings is 1. The van der Waals surface area contributed by atoms with Crippen molar-refractivity contribution in [2.24, 2.45) is 5.73 Å². The van der Waals surface area contributed by atoms with E-state index in [9.17, 15) is 0 Å². The number of ether oxygens (including phenoxy) is 1. The molecule has 4 heteroatoms. The van der Waals surface area contributed by atoms with Gasteiger partial charge in [-0.3, -0.25) is 4.98 Å². The van der Waals surface area contributed by atoms with E-state index in [-0.39, 0.29) is 0 Å². The number of methoxy groups -OCH3 is 1. The first-order valence-corrected chi connectivity index (χ1v) is 6.41. The molecule has 0 saturated carbocycles. The van der Waals surface area contributed by atoms with Crippen LogP contribution in [0.25, 0.3) is 10.9 Å². The minimum absolute atomic E-state index is 0.453. The van der Waals surface area contributed by atoms with E-state index in [1.54, 1.807) is 7.11 Å².